The zero-order chi connectivity index (χ0) is 24.4. The fourth-order valence-corrected chi connectivity index (χ4v) is 2.76. The second-order valence-electron chi connectivity index (χ2n) is 4.67. The van der Waals surface area contributed by atoms with Crippen LogP contribution in [0.2, 0.25) is 0 Å². The van der Waals surface area contributed by atoms with Crippen molar-refractivity contribution in [2.75, 3.05) is 12.9 Å². The summed E-state index contributed by atoms with van der Waals surface area (Å²) in [6, 6.07) is 6.27. The summed E-state index contributed by atoms with van der Waals surface area (Å²) in [4.78, 5) is 25.3. The smallest absolute Gasteiger partial charge is 0.272 e. The molecule has 172 valence electrons. The molecule has 2 N–H and O–H groups in total. The normalized spacial score (nSPS) is 8.68. The van der Waals surface area contributed by atoms with E-state index in [9.17, 15) is 19.3 Å². The van der Waals surface area contributed by atoms with Crippen LogP contribution >= 0.6 is 22.9 Å². The minimum atomic E-state index is -0.841. The van der Waals surface area contributed by atoms with Crippen LogP contribution in [0.1, 0.15) is 44.3 Å². The Hall–Kier alpha value is -2.62. The molecular formula is C21H29ClFN3O4S. The molecule has 0 unspecified atom stereocenters. The Balaban J connectivity index is 0. The van der Waals surface area contributed by atoms with E-state index in [0.29, 0.717) is 27.1 Å². The highest BCUT2D eigenvalue weighted by atomic mass is 35.5. The van der Waals surface area contributed by atoms with E-state index in [-0.39, 0.29) is 11.4 Å². The first-order chi connectivity index (χ1) is 15.0. The van der Waals surface area contributed by atoms with Gasteiger partial charge in [-0.15, -0.1) is 22.9 Å². The zero-order valence-corrected chi connectivity index (χ0v) is 20.1. The van der Waals surface area contributed by atoms with Crippen LogP contribution in [-0.2, 0) is 0 Å². The van der Waals surface area contributed by atoms with Gasteiger partial charge in [-0.2, -0.15) is 0 Å². The quantitative estimate of drug-likeness (QED) is 0.193. The number of aldehydes is 1. The second-order valence-corrected chi connectivity index (χ2v) is 5.76. The van der Waals surface area contributed by atoms with E-state index in [4.69, 9.17) is 10.5 Å². The van der Waals surface area contributed by atoms with Crippen LogP contribution in [0.25, 0.3) is 10.2 Å². The average molecular weight is 474 g/mol. The number of nitro benzene ring substituents is 1. The van der Waals surface area contributed by atoms with Crippen molar-refractivity contribution in [3.63, 3.8) is 0 Å². The van der Waals surface area contributed by atoms with Crippen LogP contribution in [-0.4, -0.2) is 29.1 Å². The number of halogens is 2. The number of alkyl halides is 1. The molecule has 1 aromatic carbocycles. The highest BCUT2D eigenvalue weighted by molar-refractivity contribution is 7.20. The number of carbonyl (C=O) groups is 1. The van der Waals surface area contributed by atoms with E-state index in [1.807, 2.05) is 34.6 Å². The molecule has 10 heteroatoms. The van der Waals surface area contributed by atoms with Gasteiger partial charge < -0.3 is 10.5 Å². The van der Waals surface area contributed by atoms with Gasteiger partial charge in [0.15, 0.2) is 17.9 Å². The first-order valence-corrected chi connectivity index (χ1v) is 11.1. The predicted octanol–water partition coefficient (Wildman–Crippen LogP) is 6.82. The maximum absolute atomic E-state index is 13.9. The monoisotopic (exact) mass is 473 g/mol. The van der Waals surface area contributed by atoms with Crippen molar-refractivity contribution < 1.29 is 18.8 Å². The van der Waals surface area contributed by atoms with Gasteiger partial charge in [0.25, 0.3) is 5.69 Å². The highest BCUT2D eigenvalue weighted by Crippen LogP contribution is 2.35. The maximum atomic E-state index is 13.9. The van der Waals surface area contributed by atoms with Crippen molar-refractivity contribution >= 4 is 45.1 Å². The van der Waals surface area contributed by atoms with Gasteiger partial charge in [-0.1, -0.05) is 34.6 Å². The second kappa shape index (κ2) is 18.2. The minimum Gasteiger partial charge on any atom is -0.453 e. The molecule has 3 aromatic rings. The predicted molar refractivity (Wildman–Crippen MR) is 127 cm³/mol. The standard InChI is InChI=1S/C14H7FN2O4S.C2H7N.2C2H6.CH3Cl/c15-10-5-8(17(19)20)1-2-12(10)21-13-3-4-16-11-6-9(7-18)22-14(11)13;1-2-3;3*1-2/h1-7H;2-3H2,1H3;2*1-2H3;1H3. The molecule has 0 bridgehead atoms. The minimum absolute atomic E-state index is 0.140. The molecule has 0 spiro atoms. The molecule has 2 heterocycles. The van der Waals surface area contributed by atoms with Gasteiger partial charge in [0.05, 0.1) is 26.1 Å². The Labute approximate surface area is 191 Å². The molecule has 3 rings (SSSR count). The lowest BCUT2D eigenvalue weighted by Crippen LogP contribution is -1.92. The Bertz CT molecular complexity index is 923. The van der Waals surface area contributed by atoms with Gasteiger partial charge in [0, 0.05) is 24.7 Å². The Morgan fingerprint density at radius 1 is 1.19 bits per heavy atom. The molecule has 0 saturated heterocycles. The van der Waals surface area contributed by atoms with E-state index in [1.165, 1.54) is 36.0 Å². The summed E-state index contributed by atoms with van der Waals surface area (Å²) >= 11 is 5.81. The maximum Gasteiger partial charge on any atom is 0.272 e. The molecule has 0 radical (unpaired) electrons. The highest BCUT2D eigenvalue weighted by Gasteiger charge is 2.14. The first-order valence-electron chi connectivity index (χ1n) is 9.53. The van der Waals surface area contributed by atoms with Gasteiger partial charge in [-0.3, -0.25) is 19.9 Å². The van der Waals surface area contributed by atoms with E-state index >= 15 is 0 Å². The summed E-state index contributed by atoms with van der Waals surface area (Å²) < 4.78 is 19.9. The van der Waals surface area contributed by atoms with Crippen molar-refractivity contribution in [1.29, 1.82) is 0 Å². The molecule has 0 fully saturated rings. The third-order valence-corrected chi connectivity index (χ3v) is 3.92. The summed E-state index contributed by atoms with van der Waals surface area (Å²) in [6.07, 6.45) is 3.64. The average Bonchev–Trinajstić information content (AvgIpc) is 3.24. The van der Waals surface area contributed by atoms with Gasteiger partial charge in [0.1, 0.15) is 5.75 Å². The van der Waals surface area contributed by atoms with Gasteiger partial charge in [-0.05, 0) is 18.7 Å². The number of nitrogens with two attached hydrogens (primary N) is 1. The molecule has 0 atom stereocenters. The number of nitro groups is 1. The molecule has 0 aliphatic rings. The molecule has 0 aliphatic carbocycles. The Morgan fingerprint density at radius 3 is 2.26 bits per heavy atom. The van der Waals surface area contributed by atoms with Gasteiger partial charge in [-0.25, -0.2) is 4.39 Å². The van der Waals surface area contributed by atoms with Crippen molar-refractivity contribution in [2.45, 2.75) is 34.6 Å². The number of non-ortho nitro benzene ring substituents is 1. The summed E-state index contributed by atoms with van der Waals surface area (Å²) in [5.41, 5.74) is 5.05. The molecule has 0 aliphatic heterocycles. The van der Waals surface area contributed by atoms with E-state index in [1.54, 1.807) is 6.07 Å². The fraction of sp³-hybridized carbons (Fsp3) is 0.333. The number of thiophene rings is 1. The van der Waals surface area contributed by atoms with Gasteiger partial charge in [0.2, 0.25) is 0 Å². The lowest BCUT2D eigenvalue weighted by Gasteiger charge is -2.07. The number of hydrogen-bond acceptors (Lipinski definition) is 7. The van der Waals surface area contributed by atoms with Crippen molar-refractivity contribution in [2.24, 2.45) is 5.73 Å². The van der Waals surface area contributed by atoms with Crippen LogP contribution in [0.15, 0.2) is 36.5 Å². The largest absolute Gasteiger partial charge is 0.453 e. The van der Waals surface area contributed by atoms with E-state index < -0.39 is 10.7 Å². The summed E-state index contributed by atoms with van der Waals surface area (Å²) in [6.45, 7) is 10.7. The van der Waals surface area contributed by atoms with E-state index in [0.717, 1.165) is 18.7 Å². The van der Waals surface area contributed by atoms with Gasteiger partial charge >= 0.3 is 0 Å². The fourth-order valence-electron chi connectivity index (χ4n) is 1.88. The molecule has 2 aromatic heterocycles. The Kier molecular flexibility index (Phi) is 17.9. The van der Waals surface area contributed by atoms with Crippen molar-refractivity contribution in [3.05, 3.63) is 57.3 Å². The Morgan fingerprint density at radius 2 is 1.77 bits per heavy atom. The first kappa shape index (κ1) is 30.6. The topological polar surface area (TPSA) is 108 Å². The number of carbonyl (C=O) groups excluding carboxylic acids is 1. The number of benzene rings is 1. The number of hydrogen-bond donors (Lipinski definition) is 1. The summed E-state index contributed by atoms with van der Waals surface area (Å²) in [5, 5.41) is 10.6. The van der Waals surface area contributed by atoms with Crippen LogP contribution in [0.4, 0.5) is 10.1 Å². The molecular weight excluding hydrogens is 445 g/mol. The number of ether oxygens (including phenoxy) is 1. The number of rotatable bonds is 4. The SMILES string of the molecule is CC.CC.CCN.CCl.O=Cc1cc2nccc(Oc3ccc([N+](=O)[O-])cc3F)c2s1. The zero-order valence-electron chi connectivity index (χ0n) is 18.5. The third-order valence-electron chi connectivity index (χ3n) is 2.86. The number of pyridine rings is 1. The van der Waals surface area contributed by atoms with E-state index in [2.05, 4.69) is 16.6 Å². The van der Waals surface area contributed by atoms with Crippen LogP contribution < -0.4 is 10.5 Å². The van der Waals surface area contributed by atoms with Crippen molar-refractivity contribution in [1.82, 2.24) is 4.98 Å². The number of nitrogens with zero attached hydrogens (tertiary/aromatic N) is 2. The molecule has 7 nitrogen and oxygen atoms in total. The van der Waals surface area contributed by atoms with Crippen LogP contribution in [0.3, 0.4) is 0 Å². The molecule has 0 saturated carbocycles. The lowest BCUT2D eigenvalue weighted by molar-refractivity contribution is -0.385. The summed E-state index contributed by atoms with van der Waals surface area (Å²) in [7, 11) is 0. The lowest BCUT2D eigenvalue weighted by atomic mass is 10.3. The molecule has 31 heavy (non-hydrogen) atoms. The van der Waals surface area contributed by atoms with Crippen LogP contribution in [0, 0.1) is 15.9 Å². The number of aromatic nitrogens is 1. The van der Waals surface area contributed by atoms with Crippen LogP contribution in [0.5, 0.6) is 11.5 Å². The van der Waals surface area contributed by atoms with Crippen molar-refractivity contribution in [3.8, 4) is 11.5 Å². The third kappa shape index (κ3) is 9.82. The number of fused-ring (bicyclic) bond motifs is 1. The summed E-state index contributed by atoms with van der Waals surface area (Å²) in [5.74, 6) is -0.652. The molecule has 0 amide bonds.